The third kappa shape index (κ3) is 3.66. The van der Waals surface area contributed by atoms with E-state index in [2.05, 4.69) is 29.0 Å². The Morgan fingerprint density at radius 1 is 1.30 bits per heavy atom. The SMILES string of the molecule is C[C@@H]1[C@H](C)CCC[C@H]1NC(=O)c1cccnc1N1CCOCC1. The Morgan fingerprint density at radius 2 is 2.09 bits per heavy atom. The van der Waals surface area contributed by atoms with Gasteiger partial charge in [-0.3, -0.25) is 4.79 Å². The van der Waals surface area contributed by atoms with Gasteiger partial charge in [-0.1, -0.05) is 26.7 Å². The van der Waals surface area contributed by atoms with Crippen LogP contribution in [-0.2, 0) is 4.74 Å². The summed E-state index contributed by atoms with van der Waals surface area (Å²) in [5.74, 6) is 1.98. The zero-order valence-electron chi connectivity index (χ0n) is 14.1. The molecule has 1 aromatic rings. The maximum atomic E-state index is 12.8. The molecule has 2 fully saturated rings. The van der Waals surface area contributed by atoms with E-state index in [0.717, 1.165) is 25.3 Å². The molecule has 1 aliphatic heterocycles. The zero-order chi connectivity index (χ0) is 16.2. The topological polar surface area (TPSA) is 54.5 Å². The second-order valence-corrected chi connectivity index (χ2v) is 6.82. The quantitative estimate of drug-likeness (QED) is 0.930. The van der Waals surface area contributed by atoms with E-state index in [1.54, 1.807) is 6.20 Å². The number of amides is 1. The highest BCUT2D eigenvalue weighted by atomic mass is 16.5. The van der Waals surface area contributed by atoms with Gasteiger partial charge in [0.15, 0.2) is 0 Å². The van der Waals surface area contributed by atoms with Crippen LogP contribution in [0.3, 0.4) is 0 Å². The number of hydrogen-bond donors (Lipinski definition) is 1. The van der Waals surface area contributed by atoms with Crippen molar-refractivity contribution in [2.24, 2.45) is 11.8 Å². The van der Waals surface area contributed by atoms with Gasteiger partial charge in [-0.2, -0.15) is 0 Å². The first-order valence-electron chi connectivity index (χ1n) is 8.75. The number of rotatable bonds is 3. The summed E-state index contributed by atoms with van der Waals surface area (Å²) in [4.78, 5) is 19.4. The van der Waals surface area contributed by atoms with Crippen LogP contribution in [0.5, 0.6) is 0 Å². The Bertz CT molecular complexity index is 543. The van der Waals surface area contributed by atoms with Gasteiger partial charge >= 0.3 is 0 Å². The summed E-state index contributed by atoms with van der Waals surface area (Å²) in [5, 5.41) is 3.26. The summed E-state index contributed by atoms with van der Waals surface area (Å²) in [6.45, 7) is 7.49. The summed E-state index contributed by atoms with van der Waals surface area (Å²) < 4.78 is 5.40. The van der Waals surface area contributed by atoms with Crippen LogP contribution in [-0.4, -0.2) is 43.2 Å². The van der Waals surface area contributed by atoms with E-state index in [1.807, 2.05) is 12.1 Å². The van der Waals surface area contributed by atoms with Crippen molar-refractivity contribution in [2.45, 2.75) is 39.2 Å². The Hall–Kier alpha value is -1.62. The highest BCUT2D eigenvalue weighted by molar-refractivity contribution is 5.99. The van der Waals surface area contributed by atoms with Gasteiger partial charge in [0, 0.05) is 25.3 Å². The van der Waals surface area contributed by atoms with Gasteiger partial charge in [0.05, 0.1) is 18.8 Å². The van der Waals surface area contributed by atoms with Gasteiger partial charge in [0.25, 0.3) is 5.91 Å². The molecule has 2 aliphatic rings. The van der Waals surface area contributed by atoms with Crippen molar-refractivity contribution in [3.8, 4) is 0 Å². The number of nitrogens with zero attached hydrogens (tertiary/aromatic N) is 2. The monoisotopic (exact) mass is 317 g/mol. The number of ether oxygens (including phenoxy) is 1. The van der Waals surface area contributed by atoms with Crippen LogP contribution < -0.4 is 10.2 Å². The Balaban J connectivity index is 1.74. The number of carbonyl (C=O) groups is 1. The highest BCUT2D eigenvalue weighted by Gasteiger charge is 2.29. The van der Waals surface area contributed by atoms with Crippen LogP contribution >= 0.6 is 0 Å². The van der Waals surface area contributed by atoms with E-state index in [4.69, 9.17) is 4.74 Å². The van der Waals surface area contributed by atoms with Crippen LogP contribution in [0.25, 0.3) is 0 Å². The van der Waals surface area contributed by atoms with Crippen molar-refractivity contribution >= 4 is 11.7 Å². The average molecular weight is 317 g/mol. The molecular weight excluding hydrogens is 290 g/mol. The van der Waals surface area contributed by atoms with Crippen LogP contribution in [0.15, 0.2) is 18.3 Å². The normalized spacial score (nSPS) is 28.4. The third-order valence-corrected chi connectivity index (χ3v) is 5.37. The minimum Gasteiger partial charge on any atom is -0.378 e. The van der Waals surface area contributed by atoms with Crippen LogP contribution in [0.1, 0.15) is 43.5 Å². The first kappa shape index (κ1) is 16.2. The molecule has 5 nitrogen and oxygen atoms in total. The molecule has 0 spiro atoms. The minimum atomic E-state index is 0.00513. The first-order valence-corrected chi connectivity index (χ1v) is 8.75. The number of pyridine rings is 1. The van der Waals surface area contributed by atoms with Gasteiger partial charge in [-0.05, 0) is 30.4 Å². The number of anilines is 1. The molecule has 1 N–H and O–H groups in total. The molecule has 1 aromatic heterocycles. The van der Waals surface area contributed by atoms with Crippen molar-refractivity contribution in [2.75, 3.05) is 31.2 Å². The van der Waals surface area contributed by atoms with E-state index in [-0.39, 0.29) is 11.9 Å². The molecule has 1 amide bonds. The predicted octanol–water partition coefficient (Wildman–Crippen LogP) is 2.47. The number of morpholine rings is 1. The third-order valence-electron chi connectivity index (χ3n) is 5.37. The lowest BCUT2D eigenvalue weighted by molar-refractivity contribution is 0.0889. The average Bonchev–Trinajstić information content (AvgIpc) is 2.60. The lowest BCUT2D eigenvalue weighted by Gasteiger charge is -2.35. The molecule has 1 saturated heterocycles. The summed E-state index contributed by atoms with van der Waals surface area (Å²) in [7, 11) is 0. The molecular formula is C18H27N3O2. The fraction of sp³-hybridized carbons (Fsp3) is 0.667. The Labute approximate surface area is 138 Å². The molecule has 0 aromatic carbocycles. The molecule has 1 saturated carbocycles. The maximum Gasteiger partial charge on any atom is 0.255 e. The second kappa shape index (κ2) is 7.30. The number of hydrogen-bond acceptors (Lipinski definition) is 4. The number of carbonyl (C=O) groups excluding carboxylic acids is 1. The van der Waals surface area contributed by atoms with Crippen LogP contribution in [0, 0.1) is 11.8 Å². The highest BCUT2D eigenvalue weighted by Crippen LogP contribution is 2.30. The van der Waals surface area contributed by atoms with Crippen molar-refractivity contribution < 1.29 is 9.53 Å². The standard InChI is InChI=1S/C18H27N3O2/c1-13-5-3-7-16(14(13)2)20-18(22)15-6-4-8-19-17(15)21-9-11-23-12-10-21/h4,6,8,13-14,16H,3,5,7,9-12H2,1-2H3,(H,20,22)/t13-,14-,16-/m1/s1. The van der Waals surface area contributed by atoms with Crippen molar-refractivity contribution in [1.82, 2.24) is 10.3 Å². The summed E-state index contributed by atoms with van der Waals surface area (Å²) >= 11 is 0. The van der Waals surface area contributed by atoms with Crippen molar-refractivity contribution in [1.29, 1.82) is 0 Å². The fourth-order valence-electron chi connectivity index (χ4n) is 3.63. The molecule has 1 aliphatic carbocycles. The zero-order valence-corrected chi connectivity index (χ0v) is 14.1. The minimum absolute atomic E-state index is 0.00513. The molecule has 5 heteroatoms. The fourth-order valence-corrected chi connectivity index (χ4v) is 3.63. The van der Waals surface area contributed by atoms with Crippen LogP contribution in [0.4, 0.5) is 5.82 Å². The van der Waals surface area contributed by atoms with E-state index >= 15 is 0 Å². The largest absolute Gasteiger partial charge is 0.378 e. The van der Waals surface area contributed by atoms with E-state index in [9.17, 15) is 4.79 Å². The van der Waals surface area contributed by atoms with E-state index in [1.165, 1.54) is 12.8 Å². The van der Waals surface area contributed by atoms with E-state index < -0.39 is 0 Å². The van der Waals surface area contributed by atoms with Crippen molar-refractivity contribution in [3.63, 3.8) is 0 Å². The molecule has 0 bridgehead atoms. The molecule has 126 valence electrons. The molecule has 3 rings (SSSR count). The lowest BCUT2D eigenvalue weighted by Crippen LogP contribution is -2.44. The van der Waals surface area contributed by atoms with Gasteiger partial charge in [0.1, 0.15) is 5.82 Å². The predicted molar refractivity (Wildman–Crippen MR) is 90.7 cm³/mol. The molecule has 0 radical (unpaired) electrons. The molecule has 23 heavy (non-hydrogen) atoms. The summed E-state index contributed by atoms with van der Waals surface area (Å²) in [6.07, 6.45) is 5.29. The molecule has 3 atom stereocenters. The van der Waals surface area contributed by atoms with Crippen LogP contribution in [0.2, 0.25) is 0 Å². The summed E-state index contributed by atoms with van der Waals surface area (Å²) in [6, 6.07) is 3.99. The first-order chi connectivity index (χ1) is 11.2. The number of nitrogens with one attached hydrogen (secondary N) is 1. The van der Waals surface area contributed by atoms with E-state index in [0.29, 0.717) is 30.6 Å². The Morgan fingerprint density at radius 3 is 2.87 bits per heavy atom. The van der Waals surface area contributed by atoms with Gasteiger partial charge in [-0.25, -0.2) is 4.98 Å². The molecule has 0 unspecified atom stereocenters. The van der Waals surface area contributed by atoms with Gasteiger partial charge in [0.2, 0.25) is 0 Å². The second-order valence-electron chi connectivity index (χ2n) is 6.82. The number of aromatic nitrogens is 1. The van der Waals surface area contributed by atoms with Gasteiger partial charge in [-0.15, -0.1) is 0 Å². The maximum absolute atomic E-state index is 12.8. The Kier molecular flexibility index (Phi) is 5.16. The molecule has 2 heterocycles. The van der Waals surface area contributed by atoms with Crippen molar-refractivity contribution in [3.05, 3.63) is 23.9 Å². The smallest absolute Gasteiger partial charge is 0.255 e. The van der Waals surface area contributed by atoms with Gasteiger partial charge < -0.3 is 15.0 Å². The summed E-state index contributed by atoms with van der Waals surface area (Å²) in [5.41, 5.74) is 0.680. The lowest BCUT2D eigenvalue weighted by atomic mass is 9.78.